The highest BCUT2D eigenvalue weighted by atomic mass is 16.6. The molecular weight excluding hydrogens is 464 g/mol. The number of rotatable bonds is 10. The zero-order valence-electron chi connectivity index (χ0n) is 20.4. The summed E-state index contributed by atoms with van der Waals surface area (Å²) in [5.41, 5.74) is 1.73. The molecule has 1 saturated heterocycles. The van der Waals surface area contributed by atoms with Crippen LogP contribution in [0.2, 0.25) is 0 Å². The second-order valence-electron chi connectivity index (χ2n) is 8.67. The SMILES string of the molecule is COC(=O)C(c1ccccc1)C1CCCCN1C(=O)Oc1ccc(CCNC(=O)CCC(=O)O)cc1. The van der Waals surface area contributed by atoms with Crippen LogP contribution >= 0.6 is 0 Å². The minimum Gasteiger partial charge on any atom is -0.481 e. The summed E-state index contributed by atoms with van der Waals surface area (Å²) in [5, 5.41) is 11.3. The summed E-state index contributed by atoms with van der Waals surface area (Å²) in [7, 11) is 1.35. The first kappa shape index (κ1) is 26.7. The van der Waals surface area contributed by atoms with Crippen LogP contribution in [-0.4, -0.2) is 60.2 Å². The van der Waals surface area contributed by atoms with Crippen LogP contribution in [0.1, 0.15) is 49.1 Å². The molecule has 9 nitrogen and oxygen atoms in total. The molecule has 1 aliphatic heterocycles. The van der Waals surface area contributed by atoms with Crippen LogP contribution in [0.4, 0.5) is 4.79 Å². The number of ether oxygens (including phenoxy) is 2. The van der Waals surface area contributed by atoms with Gasteiger partial charge in [-0.15, -0.1) is 0 Å². The minimum atomic E-state index is -1.01. The van der Waals surface area contributed by atoms with Crippen molar-refractivity contribution in [3.05, 3.63) is 65.7 Å². The molecule has 2 N–H and O–H groups in total. The zero-order valence-corrected chi connectivity index (χ0v) is 20.4. The molecule has 0 aliphatic carbocycles. The summed E-state index contributed by atoms with van der Waals surface area (Å²) in [5.74, 6) is -1.91. The van der Waals surface area contributed by atoms with Crippen molar-refractivity contribution in [3.63, 3.8) is 0 Å². The first-order valence-corrected chi connectivity index (χ1v) is 12.1. The molecule has 192 valence electrons. The van der Waals surface area contributed by atoms with Gasteiger partial charge in [0.05, 0.1) is 19.6 Å². The number of amides is 2. The number of hydrogen-bond acceptors (Lipinski definition) is 6. The van der Waals surface area contributed by atoms with Crippen LogP contribution in [0.3, 0.4) is 0 Å². The quantitative estimate of drug-likeness (QED) is 0.483. The Bertz CT molecular complexity index is 1040. The highest BCUT2D eigenvalue weighted by Crippen LogP contribution is 2.32. The number of methoxy groups -OCH3 is 1. The molecule has 0 aromatic heterocycles. The molecule has 2 unspecified atom stereocenters. The summed E-state index contributed by atoms with van der Waals surface area (Å²) in [6.07, 6.45) is 2.18. The van der Waals surface area contributed by atoms with Crippen molar-refractivity contribution in [2.75, 3.05) is 20.2 Å². The molecule has 36 heavy (non-hydrogen) atoms. The van der Waals surface area contributed by atoms with Gasteiger partial charge in [-0.25, -0.2) is 4.79 Å². The van der Waals surface area contributed by atoms with E-state index in [2.05, 4.69) is 5.32 Å². The van der Waals surface area contributed by atoms with Gasteiger partial charge in [0.25, 0.3) is 0 Å². The fourth-order valence-corrected chi connectivity index (χ4v) is 4.37. The average Bonchev–Trinajstić information content (AvgIpc) is 2.89. The van der Waals surface area contributed by atoms with Gasteiger partial charge >= 0.3 is 18.0 Å². The Hall–Kier alpha value is -3.88. The van der Waals surface area contributed by atoms with Gasteiger partial charge in [-0.05, 0) is 48.9 Å². The number of aliphatic carboxylic acids is 1. The number of nitrogens with one attached hydrogen (secondary N) is 1. The Labute approximate surface area is 210 Å². The molecule has 1 heterocycles. The van der Waals surface area contributed by atoms with Gasteiger partial charge in [-0.1, -0.05) is 42.5 Å². The summed E-state index contributed by atoms with van der Waals surface area (Å²) in [4.78, 5) is 49.6. The Balaban J connectivity index is 1.60. The van der Waals surface area contributed by atoms with Gasteiger partial charge in [-0.2, -0.15) is 0 Å². The molecule has 9 heteroatoms. The zero-order chi connectivity index (χ0) is 25.9. The number of carbonyl (C=O) groups excluding carboxylic acids is 3. The Morgan fingerprint density at radius 1 is 1.03 bits per heavy atom. The van der Waals surface area contributed by atoms with Gasteiger partial charge in [0, 0.05) is 19.5 Å². The van der Waals surface area contributed by atoms with E-state index >= 15 is 0 Å². The van der Waals surface area contributed by atoms with E-state index in [9.17, 15) is 19.2 Å². The van der Waals surface area contributed by atoms with E-state index in [1.165, 1.54) is 7.11 Å². The number of carboxylic acid groups (broad SMARTS) is 1. The van der Waals surface area contributed by atoms with Crippen molar-refractivity contribution in [1.29, 1.82) is 0 Å². The highest BCUT2D eigenvalue weighted by molar-refractivity contribution is 5.81. The van der Waals surface area contributed by atoms with E-state index in [1.54, 1.807) is 29.2 Å². The first-order valence-electron chi connectivity index (χ1n) is 12.1. The largest absolute Gasteiger partial charge is 0.481 e. The van der Waals surface area contributed by atoms with Crippen molar-refractivity contribution in [2.24, 2.45) is 0 Å². The Morgan fingerprint density at radius 3 is 2.42 bits per heavy atom. The lowest BCUT2D eigenvalue weighted by Crippen LogP contribution is -2.49. The predicted molar refractivity (Wildman–Crippen MR) is 132 cm³/mol. The fourth-order valence-electron chi connectivity index (χ4n) is 4.37. The van der Waals surface area contributed by atoms with Crippen molar-refractivity contribution < 1.29 is 33.8 Å². The third-order valence-electron chi connectivity index (χ3n) is 6.21. The summed E-state index contributed by atoms with van der Waals surface area (Å²) >= 11 is 0. The number of benzene rings is 2. The van der Waals surface area contributed by atoms with Crippen LogP contribution in [0, 0.1) is 0 Å². The van der Waals surface area contributed by atoms with Gasteiger partial charge < -0.3 is 24.8 Å². The number of likely N-dealkylation sites (tertiary alicyclic amines) is 1. The molecule has 2 atom stereocenters. The molecule has 0 spiro atoms. The molecule has 1 fully saturated rings. The van der Waals surface area contributed by atoms with Crippen molar-refractivity contribution in [1.82, 2.24) is 10.2 Å². The molecule has 3 rings (SSSR count). The third kappa shape index (κ3) is 7.56. The average molecular weight is 497 g/mol. The first-order chi connectivity index (χ1) is 17.4. The topological polar surface area (TPSA) is 122 Å². The summed E-state index contributed by atoms with van der Waals surface area (Å²) in [6.45, 7) is 0.866. The molecule has 0 bridgehead atoms. The van der Waals surface area contributed by atoms with Gasteiger partial charge in [0.1, 0.15) is 11.7 Å². The van der Waals surface area contributed by atoms with E-state index in [-0.39, 0.29) is 30.8 Å². The monoisotopic (exact) mass is 496 g/mol. The number of hydrogen-bond donors (Lipinski definition) is 2. The van der Waals surface area contributed by atoms with E-state index in [0.29, 0.717) is 31.7 Å². The molecule has 0 saturated carbocycles. The lowest BCUT2D eigenvalue weighted by atomic mass is 9.85. The van der Waals surface area contributed by atoms with Crippen molar-refractivity contribution in [3.8, 4) is 5.75 Å². The molecule has 1 aliphatic rings. The van der Waals surface area contributed by atoms with E-state index in [0.717, 1.165) is 24.0 Å². The second-order valence-corrected chi connectivity index (χ2v) is 8.67. The van der Waals surface area contributed by atoms with E-state index in [4.69, 9.17) is 14.6 Å². The molecular formula is C27H32N2O7. The molecule has 0 radical (unpaired) electrons. The molecule has 2 aromatic rings. The van der Waals surface area contributed by atoms with E-state index in [1.807, 2.05) is 30.3 Å². The van der Waals surface area contributed by atoms with Crippen LogP contribution < -0.4 is 10.1 Å². The third-order valence-corrected chi connectivity index (χ3v) is 6.21. The summed E-state index contributed by atoms with van der Waals surface area (Å²) < 4.78 is 10.7. The molecule has 2 amide bonds. The Kier molecular flexibility index (Phi) is 9.85. The van der Waals surface area contributed by atoms with Gasteiger partial charge in [0.15, 0.2) is 0 Å². The lowest BCUT2D eigenvalue weighted by molar-refractivity contribution is -0.144. The van der Waals surface area contributed by atoms with E-state index < -0.39 is 18.0 Å². The number of carbonyl (C=O) groups is 4. The fraction of sp³-hybridized carbons (Fsp3) is 0.407. The summed E-state index contributed by atoms with van der Waals surface area (Å²) in [6, 6.07) is 16.0. The maximum atomic E-state index is 13.1. The smallest absolute Gasteiger partial charge is 0.415 e. The second kappa shape index (κ2) is 13.3. The standard InChI is InChI=1S/C27H32N2O7/c1-35-26(33)25(20-7-3-2-4-8-20)22-9-5-6-18-29(22)27(34)36-21-12-10-19(11-13-21)16-17-28-23(30)14-15-24(31)32/h2-4,7-8,10-13,22,25H,5-6,9,14-18H2,1H3,(H,28,30)(H,31,32). The normalized spacial score (nSPS) is 16.0. The van der Waals surface area contributed by atoms with Gasteiger partial charge in [-0.3, -0.25) is 14.4 Å². The van der Waals surface area contributed by atoms with Gasteiger partial charge in [0.2, 0.25) is 5.91 Å². The van der Waals surface area contributed by atoms with Crippen LogP contribution in [0.25, 0.3) is 0 Å². The number of carboxylic acids is 1. The maximum Gasteiger partial charge on any atom is 0.415 e. The van der Waals surface area contributed by atoms with Crippen LogP contribution in [-0.2, 0) is 25.5 Å². The number of piperidine rings is 1. The highest BCUT2D eigenvalue weighted by Gasteiger charge is 2.39. The maximum absolute atomic E-state index is 13.1. The van der Waals surface area contributed by atoms with Crippen molar-refractivity contribution in [2.45, 2.75) is 50.5 Å². The number of nitrogens with zero attached hydrogens (tertiary/aromatic N) is 1. The van der Waals surface area contributed by atoms with Crippen LogP contribution in [0.5, 0.6) is 5.75 Å². The lowest BCUT2D eigenvalue weighted by Gasteiger charge is -2.38. The predicted octanol–water partition coefficient (Wildman–Crippen LogP) is 3.52. The van der Waals surface area contributed by atoms with Crippen LogP contribution in [0.15, 0.2) is 54.6 Å². The minimum absolute atomic E-state index is 0.0528. The van der Waals surface area contributed by atoms with Crippen molar-refractivity contribution >= 4 is 23.9 Å². The number of esters is 1. The molecule has 2 aromatic carbocycles. The Morgan fingerprint density at radius 2 is 1.75 bits per heavy atom.